The molecule has 60 valence electrons. The fourth-order valence-corrected chi connectivity index (χ4v) is 1.67. The highest BCUT2D eigenvalue weighted by Gasteiger charge is 2.26. The molecule has 3 heteroatoms. The standard InChI is InChI=1S/C7H13NO.ClH/c1-2-7-5-8-4-3-6(1)9-7;/h6-8H,1-5H2;1H. The average molecular weight is 164 g/mol. The molecule has 0 spiro atoms. The second-order valence-corrected chi connectivity index (χ2v) is 2.95. The van der Waals surface area contributed by atoms with Crippen molar-refractivity contribution in [2.75, 3.05) is 13.1 Å². The van der Waals surface area contributed by atoms with E-state index in [1.165, 1.54) is 19.3 Å². The van der Waals surface area contributed by atoms with Gasteiger partial charge < -0.3 is 10.1 Å². The first-order chi connectivity index (χ1) is 4.45. The first kappa shape index (κ1) is 8.31. The summed E-state index contributed by atoms with van der Waals surface area (Å²) in [5, 5.41) is 3.35. The first-order valence-corrected chi connectivity index (χ1v) is 3.81. The van der Waals surface area contributed by atoms with Crippen LogP contribution in [0.4, 0.5) is 0 Å². The zero-order valence-electron chi connectivity index (χ0n) is 6.01. The minimum atomic E-state index is 0. The maximum atomic E-state index is 5.66. The molecule has 0 saturated carbocycles. The third-order valence-electron chi connectivity index (χ3n) is 2.21. The zero-order chi connectivity index (χ0) is 6.10. The van der Waals surface area contributed by atoms with E-state index in [2.05, 4.69) is 5.32 Å². The number of fused-ring (bicyclic) bond motifs is 2. The molecule has 2 aliphatic rings. The molecule has 2 aliphatic heterocycles. The summed E-state index contributed by atoms with van der Waals surface area (Å²) in [6.45, 7) is 2.23. The molecule has 0 aromatic rings. The van der Waals surface area contributed by atoms with Crippen molar-refractivity contribution in [3.63, 3.8) is 0 Å². The van der Waals surface area contributed by atoms with E-state index in [4.69, 9.17) is 4.74 Å². The maximum Gasteiger partial charge on any atom is 0.0704 e. The van der Waals surface area contributed by atoms with Crippen LogP contribution in [0.15, 0.2) is 0 Å². The van der Waals surface area contributed by atoms with Gasteiger partial charge in [-0.05, 0) is 25.8 Å². The predicted molar refractivity (Wildman–Crippen MR) is 42.6 cm³/mol. The lowest BCUT2D eigenvalue weighted by molar-refractivity contribution is 0.0571. The molecule has 1 N–H and O–H groups in total. The number of halogens is 1. The van der Waals surface area contributed by atoms with Crippen LogP contribution in [0.25, 0.3) is 0 Å². The van der Waals surface area contributed by atoms with Crippen molar-refractivity contribution in [2.24, 2.45) is 0 Å². The first-order valence-electron chi connectivity index (χ1n) is 3.81. The minimum Gasteiger partial charge on any atom is -0.374 e. The Kier molecular flexibility index (Phi) is 2.96. The van der Waals surface area contributed by atoms with Gasteiger partial charge in [-0.3, -0.25) is 0 Å². The lowest BCUT2D eigenvalue weighted by Gasteiger charge is -2.05. The average Bonchev–Trinajstić information content (AvgIpc) is 2.09. The molecular weight excluding hydrogens is 150 g/mol. The number of ether oxygens (including phenoxy) is 1. The van der Waals surface area contributed by atoms with Crippen LogP contribution in [0.1, 0.15) is 19.3 Å². The van der Waals surface area contributed by atoms with Crippen LogP contribution in [0.2, 0.25) is 0 Å². The number of hydrogen-bond acceptors (Lipinski definition) is 2. The monoisotopic (exact) mass is 163 g/mol. The summed E-state index contributed by atoms with van der Waals surface area (Å²) < 4.78 is 5.66. The molecule has 10 heavy (non-hydrogen) atoms. The van der Waals surface area contributed by atoms with Gasteiger partial charge in [0.05, 0.1) is 12.2 Å². The van der Waals surface area contributed by atoms with E-state index in [1.54, 1.807) is 0 Å². The van der Waals surface area contributed by atoms with E-state index in [1.807, 2.05) is 0 Å². The number of nitrogens with one attached hydrogen (secondary N) is 1. The van der Waals surface area contributed by atoms with Crippen LogP contribution in [-0.2, 0) is 4.74 Å². The van der Waals surface area contributed by atoms with Crippen LogP contribution in [0, 0.1) is 0 Å². The Balaban J connectivity index is 0.000000500. The minimum absolute atomic E-state index is 0. The zero-order valence-corrected chi connectivity index (χ0v) is 6.82. The van der Waals surface area contributed by atoms with Crippen molar-refractivity contribution in [1.82, 2.24) is 5.32 Å². The molecule has 2 rings (SSSR count). The Labute approximate surface area is 67.7 Å². The molecule has 2 bridgehead atoms. The molecule has 2 unspecified atom stereocenters. The summed E-state index contributed by atoms with van der Waals surface area (Å²) in [6.07, 6.45) is 4.92. The Morgan fingerprint density at radius 2 is 1.90 bits per heavy atom. The quantitative estimate of drug-likeness (QED) is 0.574. The van der Waals surface area contributed by atoms with Crippen LogP contribution in [0.5, 0.6) is 0 Å². The van der Waals surface area contributed by atoms with Crippen molar-refractivity contribution in [3.05, 3.63) is 0 Å². The van der Waals surface area contributed by atoms with E-state index in [9.17, 15) is 0 Å². The summed E-state index contributed by atoms with van der Waals surface area (Å²) in [5.41, 5.74) is 0. The van der Waals surface area contributed by atoms with Crippen LogP contribution in [0.3, 0.4) is 0 Å². The largest absolute Gasteiger partial charge is 0.374 e. The smallest absolute Gasteiger partial charge is 0.0704 e. The Hall–Kier alpha value is 0.210. The third kappa shape index (κ3) is 1.62. The highest BCUT2D eigenvalue weighted by atomic mass is 35.5. The summed E-state index contributed by atoms with van der Waals surface area (Å²) in [4.78, 5) is 0. The van der Waals surface area contributed by atoms with Crippen molar-refractivity contribution in [1.29, 1.82) is 0 Å². The summed E-state index contributed by atoms with van der Waals surface area (Å²) in [7, 11) is 0. The molecule has 2 atom stereocenters. The van der Waals surface area contributed by atoms with E-state index < -0.39 is 0 Å². The second-order valence-electron chi connectivity index (χ2n) is 2.95. The topological polar surface area (TPSA) is 21.3 Å². The number of rotatable bonds is 0. The van der Waals surface area contributed by atoms with Crippen molar-refractivity contribution >= 4 is 12.4 Å². The van der Waals surface area contributed by atoms with Gasteiger partial charge in [-0.1, -0.05) is 0 Å². The molecule has 2 nitrogen and oxygen atoms in total. The van der Waals surface area contributed by atoms with E-state index >= 15 is 0 Å². The summed E-state index contributed by atoms with van der Waals surface area (Å²) in [5.74, 6) is 0. The lowest BCUT2D eigenvalue weighted by atomic mass is 10.1. The van der Waals surface area contributed by atoms with E-state index in [0.29, 0.717) is 12.2 Å². The Morgan fingerprint density at radius 1 is 1.10 bits per heavy atom. The van der Waals surface area contributed by atoms with E-state index in [-0.39, 0.29) is 12.4 Å². The molecule has 2 fully saturated rings. The van der Waals surface area contributed by atoms with Crippen LogP contribution in [-0.4, -0.2) is 25.3 Å². The molecule has 0 aromatic carbocycles. The fraction of sp³-hybridized carbons (Fsp3) is 1.00. The summed E-state index contributed by atoms with van der Waals surface area (Å²) in [6, 6.07) is 0. The van der Waals surface area contributed by atoms with Crippen molar-refractivity contribution in [3.8, 4) is 0 Å². The van der Waals surface area contributed by atoms with Gasteiger partial charge in [-0.2, -0.15) is 0 Å². The molecule has 0 aromatic heterocycles. The third-order valence-corrected chi connectivity index (χ3v) is 2.21. The number of hydrogen-bond donors (Lipinski definition) is 1. The highest BCUT2D eigenvalue weighted by Crippen LogP contribution is 2.22. The Morgan fingerprint density at radius 3 is 2.80 bits per heavy atom. The molecule has 0 radical (unpaired) electrons. The molecular formula is C7H14ClNO. The predicted octanol–water partition coefficient (Wildman–Crippen LogP) is 0.949. The van der Waals surface area contributed by atoms with Gasteiger partial charge in [0.15, 0.2) is 0 Å². The van der Waals surface area contributed by atoms with Gasteiger partial charge in [-0.25, -0.2) is 0 Å². The maximum absolute atomic E-state index is 5.66. The second kappa shape index (κ2) is 3.56. The van der Waals surface area contributed by atoms with E-state index in [0.717, 1.165) is 13.1 Å². The van der Waals surface area contributed by atoms with Gasteiger partial charge >= 0.3 is 0 Å². The molecule has 0 aliphatic carbocycles. The van der Waals surface area contributed by atoms with Gasteiger partial charge in [0.1, 0.15) is 0 Å². The lowest BCUT2D eigenvalue weighted by Crippen LogP contribution is -2.24. The summed E-state index contributed by atoms with van der Waals surface area (Å²) >= 11 is 0. The normalized spacial score (nSPS) is 38.4. The van der Waals surface area contributed by atoms with Gasteiger partial charge in [0, 0.05) is 6.54 Å². The van der Waals surface area contributed by atoms with Crippen LogP contribution >= 0.6 is 12.4 Å². The SMILES string of the molecule is C1CC2CCC(CN1)O2.Cl. The van der Waals surface area contributed by atoms with Gasteiger partial charge in [0.25, 0.3) is 0 Å². The van der Waals surface area contributed by atoms with Gasteiger partial charge in [-0.15, -0.1) is 12.4 Å². The highest BCUT2D eigenvalue weighted by molar-refractivity contribution is 5.85. The molecule has 2 saturated heterocycles. The fourth-order valence-electron chi connectivity index (χ4n) is 1.67. The molecule has 2 heterocycles. The van der Waals surface area contributed by atoms with Gasteiger partial charge in [0.2, 0.25) is 0 Å². The molecule has 0 amide bonds. The van der Waals surface area contributed by atoms with Crippen molar-refractivity contribution in [2.45, 2.75) is 31.5 Å². The van der Waals surface area contributed by atoms with Crippen LogP contribution < -0.4 is 5.32 Å². The Bertz CT molecular complexity index is 97.8. The van der Waals surface area contributed by atoms with Crippen molar-refractivity contribution < 1.29 is 4.74 Å².